The zero-order chi connectivity index (χ0) is 10.0. The van der Waals surface area contributed by atoms with Gasteiger partial charge >= 0.3 is 0 Å². The van der Waals surface area contributed by atoms with Crippen LogP contribution in [0.25, 0.3) is 5.57 Å². The largest absolute Gasteiger partial charge is 0.366 e. The van der Waals surface area contributed by atoms with Crippen LogP contribution in [0.1, 0.15) is 11.1 Å². The number of aryl methyl sites for hydroxylation is 1. The maximum absolute atomic E-state index is 13.2. The van der Waals surface area contributed by atoms with Gasteiger partial charge in [-0.15, -0.1) is 0 Å². The summed E-state index contributed by atoms with van der Waals surface area (Å²) < 4.78 is 13.2. The summed E-state index contributed by atoms with van der Waals surface area (Å²) in [6.45, 7) is 5.13. The predicted octanol–water partition coefficient (Wildman–Crippen LogP) is 1.63. The summed E-state index contributed by atoms with van der Waals surface area (Å²) in [4.78, 5) is 10.8. The van der Waals surface area contributed by atoms with Gasteiger partial charge in [0.1, 0.15) is 5.82 Å². The Bertz CT molecular complexity index is 351. The van der Waals surface area contributed by atoms with E-state index in [-0.39, 0.29) is 11.1 Å². The number of carbonyl (C=O) groups is 1. The van der Waals surface area contributed by atoms with Crippen LogP contribution in [0.15, 0.2) is 24.8 Å². The molecule has 0 aliphatic rings. The lowest BCUT2D eigenvalue weighted by Crippen LogP contribution is -2.13. The molecule has 0 unspecified atom stereocenters. The summed E-state index contributed by atoms with van der Waals surface area (Å²) in [5.41, 5.74) is 5.87. The van der Waals surface area contributed by atoms with E-state index in [1.807, 2.05) is 0 Å². The highest BCUT2D eigenvalue weighted by Crippen LogP contribution is 2.20. The van der Waals surface area contributed by atoms with E-state index >= 15 is 0 Å². The second-order valence-corrected chi connectivity index (χ2v) is 2.77. The van der Waals surface area contributed by atoms with Crippen LogP contribution in [0.5, 0.6) is 0 Å². The Kier molecular flexibility index (Phi) is 2.46. The molecular weight excluding hydrogens is 169 g/mol. The average molecular weight is 179 g/mol. The molecule has 0 radical (unpaired) electrons. The fourth-order valence-electron chi connectivity index (χ4n) is 1.14. The first-order valence-electron chi connectivity index (χ1n) is 3.78. The van der Waals surface area contributed by atoms with Crippen molar-refractivity contribution in [2.24, 2.45) is 5.73 Å². The van der Waals surface area contributed by atoms with Gasteiger partial charge in [-0.3, -0.25) is 4.79 Å². The molecule has 0 aliphatic carbocycles. The molecule has 0 heterocycles. The first kappa shape index (κ1) is 9.45. The normalized spacial score (nSPS) is 9.69. The average Bonchev–Trinajstić information content (AvgIpc) is 2.03. The monoisotopic (exact) mass is 179 g/mol. The van der Waals surface area contributed by atoms with E-state index in [9.17, 15) is 9.18 Å². The summed E-state index contributed by atoms with van der Waals surface area (Å²) in [6, 6.07) is 4.55. The molecule has 1 aromatic rings. The zero-order valence-electron chi connectivity index (χ0n) is 7.30. The highest BCUT2D eigenvalue weighted by Gasteiger charge is 2.12. The molecule has 0 atom stereocenters. The molecule has 0 spiro atoms. The lowest BCUT2D eigenvalue weighted by atomic mass is 10.0. The number of rotatable bonds is 2. The number of primary amides is 1. The second kappa shape index (κ2) is 3.39. The van der Waals surface area contributed by atoms with Crippen LogP contribution in [0.4, 0.5) is 4.39 Å². The Morgan fingerprint density at radius 2 is 2.15 bits per heavy atom. The van der Waals surface area contributed by atoms with Crippen molar-refractivity contribution in [1.29, 1.82) is 0 Å². The van der Waals surface area contributed by atoms with Crippen molar-refractivity contribution >= 4 is 11.5 Å². The van der Waals surface area contributed by atoms with Crippen LogP contribution in [0, 0.1) is 12.7 Å². The number of halogens is 1. The summed E-state index contributed by atoms with van der Waals surface area (Å²) in [7, 11) is 0. The molecular formula is C10H10FNO. The molecule has 1 rings (SSSR count). The number of amides is 1. The number of hydrogen-bond donors (Lipinski definition) is 1. The zero-order valence-corrected chi connectivity index (χ0v) is 7.30. The highest BCUT2D eigenvalue weighted by molar-refractivity contribution is 6.18. The van der Waals surface area contributed by atoms with Crippen LogP contribution < -0.4 is 5.73 Å². The molecule has 0 saturated carbocycles. The van der Waals surface area contributed by atoms with Crippen molar-refractivity contribution < 1.29 is 9.18 Å². The Morgan fingerprint density at radius 1 is 1.54 bits per heavy atom. The molecule has 1 amide bonds. The topological polar surface area (TPSA) is 43.1 Å². The Hall–Kier alpha value is -1.64. The fourth-order valence-corrected chi connectivity index (χ4v) is 1.14. The number of carbonyl (C=O) groups excluding carboxylic acids is 1. The predicted molar refractivity (Wildman–Crippen MR) is 49.4 cm³/mol. The van der Waals surface area contributed by atoms with Crippen LogP contribution in [0.3, 0.4) is 0 Å². The molecule has 0 aliphatic heterocycles. The van der Waals surface area contributed by atoms with E-state index in [1.165, 1.54) is 6.07 Å². The van der Waals surface area contributed by atoms with Gasteiger partial charge in [-0.25, -0.2) is 4.39 Å². The quantitative estimate of drug-likeness (QED) is 0.689. The third-order valence-corrected chi connectivity index (χ3v) is 1.82. The van der Waals surface area contributed by atoms with Crippen molar-refractivity contribution in [2.45, 2.75) is 6.92 Å². The van der Waals surface area contributed by atoms with Crippen LogP contribution >= 0.6 is 0 Å². The second-order valence-electron chi connectivity index (χ2n) is 2.77. The van der Waals surface area contributed by atoms with Gasteiger partial charge in [0.2, 0.25) is 5.91 Å². The van der Waals surface area contributed by atoms with Crippen molar-refractivity contribution in [3.05, 3.63) is 41.7 Å². The molecule has 2 N–H and O–H groups in total. The van der Waals surface area contributed by atoms with Gasteiger partial charge in [-0.1, -0.05) is 18.7 Å². The number of nitrogens with two attached hydrogens (primary N) is 1. The van der Waals surface area contributed by atoms with Gasteiger partial charge in [0.05, 0.1) is 0 Å². The Balaban J connectivity index is 3.28. The minimum Gasteiger partial charge on any atom is -0.366 e. The van der Waals surface area contributed by atoms with Crippen molar-refractivity contribution in [1.82, 2.24) is 0 Å². The van der Waals surface area contributed by atoms with E-state index < -0.39 is 11.7 Å². The maximum Gasteiger partial charge on any atom is 0.248 e. The third-order valence-electron chi connectivity index (χ3n) is 1.82. The van der Waals surface area contributed by atoms with Crippen LogP contribution in [-0.4, -0.2) is 5.91 Å². The van der Waals surface area contributed by atoms with E-state index in [2.05, 4.69) is 6.58 Å². The molecule has 0 saturated heterocycles. The van der Waals surface area contributed by atoms with Crippen molar-refractivity contribution in [2.75, 3.05) is 0 Å². The van der Waals surface area contributed by atoms with Gasteiger partial charge in [-0.2, -0.15) is 0 Å². The van der Waals surface area contributed by atoms with Crippen molar-refractivity contribution in [3.63, 3.8) is 0 Å². The number of benzene rings is 1. The number of hydrogen-bond acceptors (Lipinski definition) is 1. The Morgan fingerprint density at radius 3 is 2.62 bits per heavy atom. The summed E-state index contributed by atoms with van der Waals surface area (Å²) in [6.07, 6.45) is 0. The lowest BCUT2D eigenvalue weighted by Gasteiger charge is -2.06. The van der Waals surface area contributed by atoms with Gasteiger partial charge in [0.15, 0.2) is 0 Å². The molecule has 13 heavy (non-hydrogen) atoms. The minimum atomic E-state index is -0.701. The van der Waals surface area contributed by atoms with Crippen molar-refractivity contribution in [3.8, 4) is 0 Å². The van der Waals surface area contributed by atoms with Gasteiger partial charge in [0.25, 0.3) is 0 Å². The summed E-state index contributed by atoms with van der Waals surface area (Å²) in [5.74, 6) is -1.17. The van der Waals surface area contributed by atoms with E-state index in [4.69, 9.17) is 5.73 Å². The van der Waals surface area contributed by atoms with Crippen LogP contribution in [-0.2, 0) is 4.79 Å². The standard InChI is InChI=1S/C10H10FNO/c1-6-4-3-5-8(11)9(6)7(2)10(12)13/h3-5H,2H2,1H3,(H2,12,13). The Labute approximate surface area is 75.9 Å². The SMILES string of the molecule is C=C(C(N)=O)c1c(C)cccc1F. The first-order valence-corrected chi connectivity index (χ1v) is 3.78. The summed E-state index contributed by atoms with van der Waals surface area (Å²) >= 11 is 0. The minimum absolute atomic E-state index is 0.00981. The van der Waals surface area contributed by atoms with E-state index in [1.54, 1.807) is 19.1 Å². The van der Waals surface area contributed by atoms with Crippen LogP contribution in [0.2, 0.25) is 0 Å². The maximum atomic E-state index is 13.2. The smallest absolute Gasteiger partial charge is 0.248 e. The summed E-state index contributed by atoms with van der Waals surface area (Å²) in [5, 5.41) is 0. The lowest BCUT2D eigenvalue weighted by molar-refractivity contribution is -0.112. The highest BCUT2D eigenvalue weighted by atomic mass is 19.1. The first-order chi connectivity index (χ1) is 6.04. The molecule has 68 valence electrons. The van der Waals surface area contributed by atoms with Gasteiger partial charge in [0, 0.05) is 11.1 Å². The molecule has 1 aromatic carbocycles. The van der Waals surface area contributed by atoms with E-state index in [0.717, 1.165) is 0 Å². The third kappa shape index (κ3) is 1.75. The van der Waals surface area contributed by atoms with E-state index in [0.29, 0.717) is 5.56 Å². The van der Waals surface area contributed by atoms with Gasteiger partial charge < -0.3 is 5.73 Å². The molecule has 2 nitrogen and oxygen atoms in total. The molecule has 0 bridgehead atoms. The molecule has 0 aromatic heterocycles. The molecule has 0 fully saturated rings. The van der Waals surface area contributed by atoms with Gasteiger partial charge in [-0.05, 0) is 18.6 Å². The molecule has 3 heteroatoms. The fraction of sp³-hybridized carbons (Fsp3) is 0.100.